The van der Waals surface area contributed by atoms with Crippen molar-refractivity contribution in [2.75, 3.05) is 6.54 Å². The number of hydrogen-bond acceptors (Lipinski definition) is 4. The van der Waals surface area contributed by atoms with E-state index in [0.717, 1.165) is 18.4 Å². The van der Waals surface area contributed by atoms with Crippen LogP contribution >= 0.6 is 0 Å². The quantitative estimate of drug-likeness (QED) is 0.629. The Morgan fingerprint density at radius 1 is 1.33 bits per heavy atom. The number of phenols is 2. The first kappa shape index (κ1) is 12.7. The molecule has 0 spiro atoms. The predicted molar refractivity (Wildman–Crippen MR) is 67.4 cm³/mol. The summed E-state index contributed by atoms with van der Waals surface area (Å²) >= 11 is 0. The van der Waals surface area contributed by atoms with Crippen LogP contribution in [0.25, 0.3) is 0 Å². The van der Waals surface area contributed by atoms with Gasteiger partial charge in [0.05, 0.1) is 6.54 Å². The number of phenolic OH excluding ortho intramolecular Hbond substituents is 2. The zero-order valence-corrected chi connectivity index (χ0v) is 10.3. The van der Waals surface area contributed by atoms with Gasteiger partial charge in [0.25, 0.3) is 0 Å². The van der Waals surface area contributed by atoms with Crippen LogP contribution in [0.5, 0.6) is 11.5 Å². The Hall–Kier alpha value is -1.75. The first-order chi connectivity index (χ1) is 8.54. The summed E-state index contributed by atoms with van der Waals surface area (Å²) in [4.78, 5) is 11.5. The van der Waals surface area contributed by atoms with Crippen molar-refractivity contribution in [2.24, 2.45) is 0 Å². The normalized spacial score (nSPS) is 16.3. The molecule has 1 amide bonds. The molecule has 1 aliphatic rings. The van der Waals surface area contributed by atoms with Gasteiger partial charge in [0.2, 0.25) is 5.91 Å². The molecule has 4 N–H and O–H groups in total. The Balaban J connectivity index is 1.86. The van der Waals surface area contributed by atoms with Crippen molar-refractivity contribution in [1.29, 1.82) is 0 Å². The van der Waals surface area contributed by atoms with Crippen molar-refractivity contribution < 1.29 is 15.0 Å². The molecule has 1 aliphatic carbocycles. The molecule has 18 heavy (non-hydrogen) atoms. The minimum Gasteiger partial charge on any atom is -0.508 e. The van der Waals surface area contributed by atoms with Crippen LogP contribution < -0.4 is 10.6 Å². The molecule has 1 aromatic carbocycles. The Labute approximate surface area is 106 Å². The zero-order chi connectivity index (χ0) is 13.1. The van der Waals surface area contributed by atoms with E-state index in [4.69, 9.17) is 0 Å². The van der Waals surface area contributed by atoms with E-state index >= 15 is 0 Å². The molecular weight excluding hydrogens is 232 g/mol. The minimum absolute atomic E-state index is 0.0149. The van der Waals surface area contributed by atoms with Crippen LogP contribution in [0.15, 0.2) is 18.2 Å². The van der Waals surface area contributed by atoms with Crippen molar-refractivity contribution >= 4 is 5.91 Å². The lowest BCUT2D eigenvalue weighted by Gasteiger charge is -2.14. The Morgan fingerprint density at radius 2 is 1.94 bits per heavy atom. The van der Waals surface area contributed by atoms with E-state index in [-0.39, 0.29) is 30.0 Å². The van der Waals surface area contributed by atoms with Crippen molar-refractivity contribution in [3.63, 3.8) is 0 Å². The van der Waals surface area contributed by atoms with Crippen LogP contribution in [0.1, 0.15) is 31.4 Å². The van der Waals surface area contributed by atoms with Gasteiger partial charge >= 0.3 is 0 Å². The van der Waals surface area contributed by atoms with Crippen LogP contribution in [0.3, 0.4) is 0 Å². The van der Waals surface area contributed by atoms with Gasteiger partial charge in [-0.2, -0.15) is 0 Å². The van der Waals surface area contributed by atoms with Gasteiger partial charge in [0, 0.05) is 18.2 Å². The van der Waals surface area contributed by atoms with Gasteiger partial charge in [-0.1, -0.05) is 0 Å². The number of benzene rings is 1. The molecular formula is C13H18N2O3. The molecule has 5 nitrogen and oxygen atoms in total. The summed E-state index contributed by atoms with van der Waals surface area (Å²) < 4.78 is 0. The SMILES string of the molecule is CC(NCC(=O)NC1CC1)c1cc(O)cc(O)c1. The molecule has 1 saturated carbocycles. The summed E-state index contributed by atoms with van der Waals surface area (Å²) in [5.41, 5.74) is 0.742. The van der Waals surface area contributed by atoms with Crippen molar-refractivity contribution in [2.45, 2.75) is 31.8 Å². The first-order valence-electron chi connectivity index (χ1n) is 6.10. The lowest BCUT2D eigenvalue weighted by atomic mass is 10.1. The summed E-state index contributed by atoms with van der Waals surface area (Å²) in [7, 11) is 0. The fourth-order valence-corrected chi connectivity index (χ4v) is 1.74. The molecule has 5 heteroatoms. The number of aromatic hydroxyl groups is 2. The molecule has 0 radical (unpaired) electrons. The third-order valence-electron chi connectivity index (χ3n) is 2.94. The van der Waals surface area contributed by atoms with E-state index in [0.29, 0.717) is 6.04 Å². The topological polar surface area (TPSA) is 81.6 Å². The standard InChI is InChI=1S/C13H18N2O3/c1-8(9-4-11(16)6-12(17)5-9)14-7-13(18)15-10-2-3-10/h4-6,8,10,14,16-17H,2-3,7H2,1H3,(H,15,18). The molecule has 98 valence electrons. The summed E-state index contributed by atoms with van der Waals surface area (Å²) in [5, 5.41) is 24.7. The van der Waals surface area contributed by atoms with E-state index in [2.05, 4.69) is 10.6 Å². The van der Waals surface area contributed by atoms with Gasteiger partial charge in [0.15, 0.2) is 0 Å². The van der Waals surface area contributed by atoms with Gasteiger partial charge in [-0.15, -0.1) is 0 Å². The second kappa shape index (κ2) is 5.27. The average Bonchev–Trinajstić information content (AvgIpc) is 3.08. The van der Waals surface area contributed by atoms with Gasteiger partial charge in [0.1, 0.15) is 11.5 Å². The van der Waals surface area contributed by atoms with Crippen molar-refractivity contribution in [1.82, 2.24) is 10.6 Å². The fraction of sp³-hybridized carbons (Fsp3) is 0.462. The van der Waals surface area contributed by atoms with Crippen molar-refractivity contribution in [3.8, 4) is 11.5 Å². The summed E-state index contributed by atoms with van der Waals surface area (Å²) in [6, 6.07) is 4.65. The predicted octanol–water partition coefficient (Wildman–Crippen LogP) is 1.03. The third-order valence-corrected chi connectivity index (χ3v) is 2.94. The number of carbonyl (C=O) groups is 1. The Morgan fingerprint density at radius 3 is 2.50 bits per heavy atom. The zero-order valence-electron chi connectivity index (χ0n) is 10.3. The molecule has 0 bridgehead atoms. The highest BCUT2D eigenvalue weighted by Gasteiger charge is 2.23. The summed E-state index contributed by atoms with van der Waals surface area (Å²) in [6.45, 7) is 2.10. The summed E-state index contributed by atoms with van der Waals surface area (Å²) in [5.74, 6) is 0.0101. The number of carbonyl (C=O) groups excluding carboxylic acids is 1. The first-order valence-corrected chi connectivity index (χ1v) is 6.10. The molecule has 0 aromatic heterocycles. The van der Waals surface area contributed by atoms with Crippen LogP contribution in [0, 0.1) is 0 Å². The van der Waals surface area contributed by atoms with E-state index in [9.17, 15) is 15.0 Å². The minimum atomic E-state index is -0.118. The highest BCUT2D eigenvalue weighted by molar-refractivity contribution is 5.78. The molecule has 1 aromatic rings. The second-order valence-electron chi connectivity index (χ2n) is 4.73. The smallest absolute Gasteiger partial charge is 0.234 e. The molecule has 1 atom stereocenters. The maximum atomic E-state index is 11.5. The molecule has 1 fully saturated rings. The molecule has 0 saturated heterocycles. The monoisotopic (exact) mass is 250 g/mol. The van der Waals surface area contributed by atoms with Crippen LogP contribution in [0.4, 0.5) is 0 Å². The van der Waals surface area contributed by atoms with Crippen LogP contribution in [-0.2, 0) is 4.79 Å². The number of amides is 1. The molecule has 0 heterocycles. The van der Waals surface area contributed by atoms with E-state index in [1.165, 1.54) is 6.07 Å². The van der Waals surface area contributed by atoms with Gasteiger partial charge in [-0.05, 0) is 37.5 Å². The lowest BCUT2D eigenvalue weighted by Crippen LogP contribution is -2.36. The molecule has 1 unspecified atom stereocenters. The average molecular weight is 250 g/mol. The summed E-state index contributed by atoms with van der Waals surface area (Å²) in [6.07, 6.45) is 2.14. The number of hydrogen-bond donors (Lipinski definition) is 4. The van der Waals surface area contributed by atoms with Gasteiger partial charge in [-0.3, -0.25) is 4.79 Å². The van der Waals surface area contributed by atoms with E-state index in [1.54, 1.807) is 12.1 Å². The van der Waals surface area contributed by atoms with Crippen molar-refractivity contribution in [3.05, 3.63) is 23.8 Å². The highest BCUT2D eigenvalue weighted by Crippen LogP contribution is 2.24. The Bertz CT molecular complexity index is 424. The lowest BCUT2D eigenvalue weighted by molar-refractivity contribution is -0.120. The number of nitrogens with one attached hydrogen (secondary N) is 2. The maximum absolute atomic E-state index is 11.5. The molecule has 2 rings (SSSR count). The van der Waals surface area contributed by atoms with Crippen LogP contribution in [-0.4, -0.2) is 28.7 Å². The maximum Gasteiger partial charge on any atom is 0.234 e. The Kier molecular flexibility index (Phi) is 3.72. The fourth-order valence-electron chi connectivity index (χ4n) is 1.74. The van der Waals surface area contributed by atoms with E-state index < -0.39 is 0 Å². The van der Waals surface area contributed by atoms with E-state index in [1.807, 2.05) is 6.92 Å². The highest BCUT2D eigenvalue weighted by atomic mass is 16.3. The molecule has 0 aliphatic heterocycles. The third kappa shape index (κ3) is 3.63. The van der Waals surface area contributed by atoms with Gasteiger partial charge < -0.3 is 20.8 Å². The second-order valence-corrected chi connectivity index (χ2v) is 4.73. The van der Waals surface area contributed by atoms with Gasteiger partial charge in [-0.25, -0.2) is 0 Å². The van der Waals surface area contributed by atoms with Crippen LogP contribution in [0.2, 0.25) is 0 Å². The number of rotatable bonds is 5. The largest absolute Gasteiger partial charge is 0.508 e.